The maximum atomic E-state index is 13.5. The third-order valence-electron chi connectivity index (χ3n) is 6.21. The van der Waals surface area contributed by atoms with Crippen molar-refractivity contribution >= 4 is 23.2 Å². The number of methoxy groups -OCH3 is 2. The number of carbonyl (C=O) groups is 2. The summed E-state index contributed by atoms with van der Waals surface area (Å²) in [6.07, 6.45) is 2.12. The third kappa shape index (κ3) is 5.65. The first-order valence-electron chi connectivity index (χ1n) is 11.5. The summed E-state index contributed by atoms with van der Waals surface area (Å²) in [6.45, 7) is 0.574. The molecule has 10 heteroatoms. The normalized spacial score (nSPS) is 17.1. The van der Waals surface area contributed by atoms with Crippen molar-refractivity contribution in [2.24, 2.45) is 11.0 Å². The summed E-state index contributed by atoms with van der Waals surface area (Å²) in [6, 6.07) is 13.2. The van der Waals surface area contributed by atoms with Crippen LogP contribution in [0.25, 0.3) is 0 Å². The molecule has 0 saturated heterocycles. The zero-order valence-corrected chi connectivity index (χ0v) is 19.8. The van der Waals surface area contributed by atoms with E-state index in [1.165, 1.54) is 17.1 Å². The lowest BCUT2D eigenvalue weighted by Gasteiger charge is -2.27. The molecule has 1 aliphatic carbocycles. The average Bonchev–Trinajstić information content (AvgIpc) is 3.64. The standard InChI is InChI=1S/C25H28N4O6/c1-34-14-13-27(25(31)19-3-4-19)16-24(30)28-23(18-7-11-21(35-2)12-8-18)15-22(26-28)17-5-9-20(10-6-17)29(32)33/h5-12,19,23H,3-4,13-16H2,1-2H3. The molecule has 2 aliphatic rings. The van der Waals surface area contributed by atoms with Gasteiger partial charge in [0.15, 0.2) is 0 Å². The molecule has 1 unspecified atom stereocenters. The number of nitrogens with zero attached hydrogens (tertiary/aromatic N) is 4. The van der Waals surface area contributed by atoms with Crippen molar-refractivity contribution in [2.45, 2.75) is 25.3 Å². The highest BCUT2D eigenvalue weighted by atomic mass is 16.6. The lowest BCUT2D eigenvalue weighted by atomic mass is 9.98. The van der Waals surface area contributed by atoms with Gasteiger partial charge in [-0.3, -0.25) is 19.7 Å². The van der Waals surface area contributed by atoms with Crippen molar-refractivity contribution in [2.75, 3.05) is 33.9 Å². The van der Waals surface area contributed by atoms with E-state index < -0.39 is 4.92 Å². The molecule has 1 fully saturated rings. The van der Waals surface area contributed by atoms with E-state index in [2.05, 4.69) is 5.10 Å². The molecule has 1 aliphatic heterocycles. The Morgan fingerprint density at radius 3 is 2.37 bits per heavy atom. The summed E-state index contributed by atoms with van der Waals surface area (Å²) in [5, 5.41) is 17.1. The van der Waals surface area contributed by atoms with E-state index in [0.29, 0.717) is 36.6 Å². The molecule has 10 nitrogen and oxygen atoms in total. The van der Waals surface area contributed by atoms with Gasteiger partial charge in [0.05, 0.1) is 30.4 Å². The first kappa shape index (κ1) is 24.3. The molecule has 2 amide bonds. The quantitative estimate of drug-likeness (QED) is 0.381. The Labute approximate surface area is 203 Å². The van der Waals surface area contributed by atoms with Gasteiger partial charge in [0.1, 0.15) is 12.3 Å². The average molecular weight is 481 g/mol. The second-order valence-electron chi connectivity index (χ2n) is 8.61. The number of nitro benzene ring substituents is 1. The lowest BCUT2D eigenvalue weighted by Crippen LogP contribution is -2.43. The predicted octanol–water partition coefficient (Wildman–Crippen LogP) is 3.17. The van der Waals surface area contributed by atoms with Crippen LogP contribution >= 0.6 is 0 Å². The Morgan fingerprint density at radius 1 is 1.11 bits per heavy atom. The number of benzene rings is 2. The van der Waals surface area contributed by atoms with Gasteiger partial charge in [0.2, 0.25) is 5.91 Å². The summed E-state index contributed by atoms with van der Waals surface area (Å²) in [5.41, 5.74) is 2.21. The van der Waals surface area contributed by atoms with Gasteiger partial charge in [-0.15, -0.1) is 0 Å². The fraction of sp³-hybridized carbons (Fsp3) is 0.400. The Bertz CT molecular complexity index is 1110. The molecule has 0 aromatic heterocycles. The molecule has 1 saturated carbocycles. The molecule has 2 aromatic carbocycles. The van der Waals surface area contributed by atoms with Gasteiger partial charge in [0, 0.05) is 38.1 Å². The van der Waals surface area contributed by atoms with Crippen molar-refractivity contribution in [3.05, 3.63) is 69.8 Å². The number of hydrazone groups is 1. The summed E-state index contributed by atoms with van der Waals surface area (Å²) >= 11 is 0. The van der Waals surface area contributed by atoms with E-state index in [1.807, 2.05) is 24.3 Å². The maximum absolute atomic E-state index is 13.5. The van der Waals surface area contributed by atoms with E-state index in [1.54, 1.807) is 31.3 Å². The Morgan fingerprint density at radius 2 is 1.80 bits per heavy atom. The van der Waals surface area contributed by atoms with Crippen LogP contribution in [0.2, 0.25) is 0 Å². The van der Waals surface area contributed by atoms with Crippen LogP contribution in [0.4, 0.5) is 5.69 Å². The Hall–Kier alpha value is -3.79. The van der Waals surface area contributed by atoms with E-state index in [-0.39, 0.29) is 36.0 Å². The molecule has 0 N–H and O–H groups in total. The molecule has 35 heavy (non-hydrogen) atoms. The summed E-state index contributed by atoms with van der Waals surface area (Å²) in [4.78, 5) is 38.3. The fourth-order valence-electron chi connectivity index (χ4n) is 4.07. The Balaban J connectivity index is 1.60. The number of non-ortho nitro benzene ring substituents is 1. The van der Waals surface area contributed by atoms with Crippen LogP contribution in [-0.4, -0.2) is 66.3 Å². The minimum atomic E-state index is -0.457. The SMILES string of the molecule is COCCN(CC(=O)N1N=C(c2ccc([N+](=O)[O-])cc2)CC1c1ccc(OC)cc1)C(=O)C1CC1. The molecule has 4 rings (SSSR count). The first-order chi connectivity index (χ1) is 16.9. The van der Waals surface area contributed by atoms with E-state index in [4.69, 9.17) is 9.47 Å². The second kappa shape index (κ2) is 10.6. The largest absolute Gasteiger partial charge is 0.497 e. The van der Waals surface area contributed by atoms with Crippen molar-refractivity contribution in [1.82, 2.24) is 9.91 Å². The summed E-state index contributed by atoms with van der Waals surface area (Å²) in [7, 11) is 3.14. The molecule has 0 radical (unpaired) electrons. The van der Waals surface area contributed by atoms with Crippen LogP contribution < -0.4 is 4.74 Å². The molecule has 184 valence electrons. The first-order valence-corrected chi connectivity index (χ1v) is 11.5. The monoisotopic (exact) mass is 480 g/mol. The van der Waals surface area contributed by atoms with Crippen molar-refractivity contribution in [3.63, 3.8) is 0 Å². The predicted molar refractivity (Wildman–Crippen MR) is 128 cm³/mol. The smallest absolute Gasteiger partial charge is 0.269 e. The number of nitro groups is 1. The second-order valence-corrected chi connectivity index (χ2v) is 8.61. The van der Waals surface area contributed by atoms with Crippen LogP contribution in [0.3, 0.4) is 0 Å². The van der Waals surface area contributed by atoms with Gasteiger partial charge < -0.3 is 14.4 Å². The highest BCUT2D eigenvalue weighted by molar-refractivity contribution is 6.03. The van der Waals surface area contributed by atoms with Crippen molar-refractivity contribution < 1.29 is 24.0 Å². The summed E-state index contributed by atoms with van der Waals surface area (Å²) < 4.78 is 10.4. The summed E-state index contributed by atoms with van der Waals surface area (Å²) in [5.74, 6) is 0.347. The van der Waals surface area contributed by atoms with Gasteiger partial charge in [-0.2, -0.15) is 5.10 Å². The molecule has 2 aromatic rings. The van der Waals surface area contributed by atoms with Crippen LogP contribution in [0.15, 0.2) is 53.6 Å². The number of ether oxygens (including phenoxy) is 2. The van der Waals surface area contributed by atoms with E-state index in [9.17, 15) is 19.7 Å². The van der Waals surface area contributed by atoms with E-state index in [0.717, 1.165) is 18.4 Å². The number of amides is 2. The number of hydrogen-bond donors (Lipinski definition) is 0. The van der Waals surface area contributed by atoms with Gasteiger partial charge in [-0.05, 0) is 48.2 Å². The lowest BCUT2D eigenvalue weighted by molar-refractivity contribution is -0.384. The van der Waals surface area contributed by atoms with Crippen molar-refractivity contribution in [3.8, 4) is 5.75 Å². The third-order valence-corrected chi connectivity index (χ3v) is 6.21. The molecule has 0 spiro atoms. The number of rotatable bonds is 10. The zero-order chi connectivity index (χ0) is 24.9. The molecule has 1 heterocycles. The molecule has 0 bridgehead atoms. The van der Waals surface area contributed by atoms with Crippen molar-refractivity contribution in [1.29, 1.82) is 0 Å². The topological polar surface area (TPSA) is 115 Å². The highest BCUT2D eigenvalue weighted by Crippen LogP contribution is 2.35. The van der Waals surface area contributed by atoms with Gasteiger partial charge in [0.25, 0.3) is 11.6 Å². The van der Waals surface area contributed by atoms with Gasteiger partial charge in [-0.1, -0.05) is 12.1 Å². The van der Waals surface area contributed by atoms with E-state index >= 15 is 0 Å². The zero-order valence-electron chi connectivity index (χ0n) is 19.8. The number of hydrogen-bond acceptors (Lipinski definition) is 7. The highest BCUT2D eigenvalue weighted by Gasteiger charge is 2.37. The Kier molecular flexibility index (Phi) is 7.40. The minimum absolute atomic E-state index is 0.0145. The van der Waals surface area contributed by atoms with Crippen LogP contribution in [0.1, 0.15) is 36.4 Å². The molecular weight excluding hydrogens is 452 g/mol. The van der Waals surface area contributed by atoms with Crippen LogP contribution in [0.5, 0.6) is 5.75 Å². The minimum Gasteiger partial charge on any atom is -0.497 e. The number of carbonyl (C=O) groups excluding carboxylic acids is 2. The maximum Gasteiger partial charge on any atom is 0.269 e. The molecular formula is C25H28N4O6. The van der Waals surface area contributed by atoms with Crippen LogP contribution in [0, 0.1) is 16.0 Å². The van der Waals surface area contributed by atoms with Gasteiger partial charge in [-0.25, -0.2) is 5.01 Å². The van der Waals surface area contributed by atoms with Crippen LogP contribution in [-0.2, 0) is 14.3 Å². The fourth-order valence-corrected chi connectivity index (χ4v) is 4.07. The molecule has 1 atom stereocenters. The van der Waals surface area contributed by atoms with Gasteiger partial charge >= 0.3 is 0 Å².